The summed E-state index contributed by atoms with van der Waals surface area (Å²) in [5.41, 5.74) is -0.397. The van der Waals surface area contributed by atoms with E-state index in [2.05, 4.69) is 19.9 Å². The van der Waals surface area contributed by atoms with Crippen molar-refractivity contribution in [3.05, 3.63) is 33.1 Å². The molecule has 0 amide bonds. The average molecular weight is 262 g/mol. The zero-order valence-corrected chi connectivity index (χ0v) is 11.2. The van der Waals surface area contributed by atoms with Crippen LogP contribution in [-0.2, 0) is 0 Å². The molecule has 2 aromatic rings. The van der Waals surface area contributed by atoms with Gasteiger partial charge in [-0.2, -0.15) is 0 Å². The van der Waals surface area contributed by atoms with Gasteiger partial charge in [-0.3, -0.25) is 9.78 Å². The van der Waals surface area contributed by atoms with Crippen molar-refractivity contribution in [2.75, 3.05) is 18.0 Å². The molecule has 102 valence electrons. The molecule has 6 nitrogen and oxygen atoms in total. The van der Waals surface area contributed by atoms with Crippen molar-refractivity contribution in [3.63, 3.8) is 0 Å². The second-order valence-electron chi connectivity index (χ2n) is 4.19. The summed E-state index contributed by atoms with van der Waals surface area (Å²) in [7, 11) is 0. The fraction of sp³-hybridized carbons (Fsp3) is 0.462. The normalized spacial score (nSPS) is 14.3. The minimum Gasteiger partial charge on any atom is -0.357 e. The minimum absolute atomic E-state index is 0.369. The Morgan fingerprint density at radius 2 is 1.84 bits per heavy atom. The van der Waals surface area contributed by atoms with Crippen molar-refractivity contribution in [1.29, 1.82) is 0 Å². The molecule has 0 unspecified atom stereocenters. The van der Waals surface area contributed by atoms with Crippen molar-refractivity contribution < 1.29 is 0 Å². The third kappa shape index (κ3) is 2.67. The topological polar surface area (TPSA) is 81.8 Å². The van der Waals surface area contributed by atoms with E-state index in [0.717, 1.165) is 31.7 Å². The lowest BCUT2D eigenvalue weighted by molar-refractivity contribution is 0.938. The highest BCUT2D eigenvalue weighted by molar-refractivity contribution is 5.79. The molecule has 1 fully saturated rings. The molecule has 3 heterocycles. The van der Waals surface area contributed by atoms with E-state index in [-0.39, 0.29) is 5.56 Å². The Bertz CT molecular complexity index is 668. The summed E-state index contributed by atoms with van der Waals surface area (Å²) in [6.45, 7) is 5.94. The number of aromatic nitrogens is 3. The Morgan fingerprint density at radius 1 is 1.16 bits per heavy atom. The highest BCUT2D eigenvalue weighted by Gasteiger charge is 2.14. The van der Waals surface area contributed by atoms with Gasteiger partial charge in [0.05, 0.1) is 17.1 Å². The molecule has 1 aliphatic heterocycles. The van der Waals surface area contributed by atoms with Crippen LogP contribution in [0.5, 0.6) is 0 Å². The second-order valence-corrected chi connectivity index (χ2v) is 4.19. The van der Waals surface area contributed by atoms with Crippen molar-refractivity contribution in [3.8, 4) is 0 Å². The molecule has 19 heavy (non-hydrogen) atoms. The summed E-state index contributed by atoms with van der Waals surface area (Å²) in [6.07, 6.45) is 3.85. The van der Waals surface area contributed by atoms with Crippen LogP contribution in [0.1, 0.15) is 26.7 Å². The maximum Gasteiger partial charge on any atom is 0.326 e. The summed E-state index contributed by atoms with van der Waals surface area (Å²) < 4.78 is 0. The SMILES string of the molecule is CC.O=c1[nH]c(=O)c2cc(N3CCCC3)ncc2[nH]1. The highest BCUT2D eigenvalue weighted by atomic mass is 16.2. The molecule has 1 aliphatic rings. The van der Waals surface area contributed by atoms with Crippen LogP contribution in [0, 0.1) is 0 Å². The largest absolute Gasteiger partial charge is 0.357 e. The predicted molar refractivity (Wildman–Crippen MR) is 75.8 cm³/mol. The molecule has 2 N–H and O–H groups in total. The first-order valence-corrected chi connectivity index (χ1v) is 6.61. The van der Waals surface area contributed by atoms with Gasteiger partial charge >= 0.3 is 5.69 Å². The maximum atomic E-state index is 11.6. The van der Waals surface area contributed by atoms with Gasteiger partial charge in [0.2, 0.25) is 0 Å². The Morgan fingerprint density at radius 3 is 2.53 bits per heavy atom. The van der Waals surface area contributed by atoms with Gasteiger partial charge in [0.25, 0.3) is 5.56 Å². The van der Waals surface area contributed by atoms with E-state index >= 15 is 0 Å². The Hall–Kier alpha value is -2.11. The summed E-state index contributed by atoms with van der Waals surface area (Å²) >= 11 is 0. The zero-order valence-electron chi connectivity index (χ0n) is 11.2. The van der Waals surface area contributed by atoms with E-state index in [4.69, 9.17) is 0 Å². The van der Waals surface area contributed by atoms with Crippen molar-refractivity contribution in [2.24, 2.45) is 0 Å². The number of pyridine rings is 1. The zero-order chi connectivity index (χ0) is 13.8. The molecule has 0 bridgehead atoms. The van der Waals surface area contributed by atoms with Gasteiger partial charge in [-0.25, -0.2) is 9.78 Å². The van der Waals surface area contributed by atoms with E-state index in [1.165, 1.54) is 0 Å². The molecule has 0 aromatic carbocycles. The van der Waals surface area contributed by atoms with Gasteiger partial charge in [-0.05, 0) is 18.9 Å². The van der Waals surface area contributed by atoms with Gasteiger partial charge < -0.3 is 9.88 Å². The summed E-state index contributed by atoms with van der Waals surface area (Å²) in [4.78, 5) is 33.9. The maximum absolute atomic E-state index is 11.6. The van der Waals surface area contributed by atoms with Gasteiger partial charge in [-0.15, -0.1) is 0 Å². The van der Waals surface area contributed by atoms with Crippen molar-refractivity contribution >= 4 is 16.7 Å². The van der Waals surface area contributed by atoms with E-state index in [1.807, 2.05) is 13.8 Å². The number of nitrogens with zero attached hydrogens (tertiary/aromatic N) is 2. The van der Waals surface area contributed by atoms with E-state index in [0.29, 0.717) is 10.9 Å². The van der Waals surface area contributed by atoms with Gasteiger partial charge in [0.1, 0.15) is 5.82 Å². The molecule has 6 heteroatoms. The van der Waals surface area contributed by atoms with Crippen molar-refractivity contribution in [1.82, 2.24) is 15.0 Å². The fourth-order valence-electron chi connectivity index (χ4n) is 2.17. The molecule has 0 aliphatic carbocycles. The molecular weight excluding hydrogens is 244 g/mol. The number of hydrogen-bond acceptors (Lipinski definition) is 4. The number of nitrogens with one attached hydrogen (secondary N) is 2. The van der Waals surface area contributed by atoms with Crippen LogP contribution in [0.2, 0.25) is 0 Å². The quantitative estimate of drug-likeness (QED) is 0.810. The Balaban J connectivity index is 0.000000637. The molecule has 3 rings (SSSR count). The molecule has 0 radical (unpaired) electrons. The first kappa shape index (κ1) is 13.3. The average Bonchev–Trinajstić information content (AvgIpc) is 2.94. The van der Waals surface area contributed by atoms with E-state index in [9.17, 15) is 9.59 Å². The van der Waals surface area contributed by atoms with Gasteiger partial charge in [0.15, 0.2) is 0 Å². The lowest BCUT2D eigenvalue weighted by atomic mass is 10.3. The van der Waals surface area contributed by atoms with Crippen LogP contribution in [0.4, 0.5) is 5.82 Å². The third-order valence-electron chi connectivity index (χ3n) is 3.04. The minimum atomic E-state index is -0.502. The van der Waals surface area contributed by atoms with Gasteiger partial charge in [-0.1, -0.05) is 13.8 Å². The number of H-pyrrole nitrogens is 2. The van der Waals surface area contributed by atoms with Crippen LogP contribution in [0.15, 0.2) is 21.9 Å². The summed E-state index contributed by atoms with van der Waals surface area (Å²) in [5.74, 6) is 0.799. The number of aromatic amines is 2. The number of fused-ring (bicyclic) bond motifs is 1. The van der Waals surface area contributed by atoms with Crippen LogP contribution < -0.4 is 16.1 Å². The Labute approximate surface area is 110 Å². The highest BCUT2D eigenvalue weighted by Crippen LogP contribution is 2.19. The number of anilines is 1. The number of hydrogen-bond donors (Lipinski definition) is 2. The molecule has 0 spiro atoms. The molecule has 2 aromatic heterocycles. The van der Waals surface area contributed by atoms with Crippen molar-refractivity contribution in [2.45, 2.75) is 26.7 Å². The molecule has 1 saturated heterocycles. The first-order chi connectivity index (χ1) is 9.24. The standard InChI is InChI=1S/C11H12N4O2.C2H6/c16-10-7-5-9(15-3-1-2-4-15)12-6-8(7)13-11(17)14-10;1-2/h5-6H,1-4H2,(H2,13,14,16,17);1-2H3. The lowest BCUT2D eigenvalue weighted by Crippen LogP contribution is -2.23. The summed E-state index contributed by atoms with van der Waals surface area (Å²) in [5, 5.41) is 0.474. The van der Waals surface area contributed by atoms with Crippen LogP contribution in [-0.4, -0.2) is 28.0 Å². The lowest BCUT2D eigenvalue weighted by Gasteiger charge is -2.15. The molecular formula is C13H18N4O2. The van der Waals surface area contributed by atoms with Crippen LogP contribution in [0.3, 0.4) is 0 Å². The van der Waals surface area contributed by atoms with E-state index in [1.54, 1.807) is 12.3 Å². The first-order valence-electron chi connectivity index (χ1n) is 6.61. The summed E-state index contributed by atoms with van der Waals surface area (Å²) in [6, 6.07) is 1.73. The fourth-order valence-corrected chi connectivity index (χ4v) is 2.17. The Kier molecular flexibility index (Phi) is 3.99. The van der Waals surface area contributed by atoms with Crippen LogP contribution >= 0.6 is 0 Å². The predicted octanol–water partition coefficient (Wildman–Crippen LogP) is 1.24. The monoisotopic (exact) mass is 262 g/mol. The van der Waals surface area contributed by atoms with Crippen LogP contribution in [0.25, 0.3) is 10.9 Å². The third-order valence-corrected chi connectivity index (χ3v) is 3.04. The second kappa shape index (κ2) is 5.69. The number of rotatable bonds is 1. The smallest absolute Gasteiger partial charge is 0.326 e. The molecule has 0 atom stereocenters. The van der Waals surface area contributed by atoms with E-state index < -0.39 is 5.69 Å². The van der Waals surface area contributed by atoms with Gasteiger partial charge in [0, 0.05) is 13.1 Å². The molecule has 0 saturated carbocycles.